The molecule has 0 radical (unpaired) electrons. The van der Waals surface area contributed by atoms with E-state index in [4.69, 9.17) is 4.52 Å². The Morgan fingerprint density at radius 2 is 2.35 bits per heavy atom. The third-order valence-electron chi connectivity index (χ3n) is 2.77. The van der Waals surface area contributed by atoms with Crippen LogP contribution < -0.4 is 5.32 Å². The van der Waals surface area contributed by atoms with Gasteiger partial charge in [0.25, 0.3) is 0 Å². The predicted molar refractivity (Wildman–Crippen MR) is 65.0 cm³/mol. The lowest BCUT2D eigenvalue weighted by Crippen LogP contribution is -2.08. The molecule has 5 nitrogen and oxygen atoms in total. The quantitative estimate of drug-likeness (QED) is 0.880. The molecule has 1 aliphatic heterocycles. The lowest BCUT2D eigenvalue weighted by molar-refractivity contribution is 0.359. The van der Waals surface area contributed by atoms with Crippen molar-refractivity contribution < 1.29 is 4.52 Å². The molecule has 0 unspecified atom stereocenters. The van der Waals surface area contributed by atoms with Crippen molar-refractivity contribution in [3.05, 3.63) is 30.4 Å². The number of rotatable bonds is 2. The van der Waals surface area contributed by atoms with Crippen LogP contribution in [0, 0.1) is 0 Å². The number of aromatic nitrogens is 3. The molecule has 3 heterocycles. The molecule has 2 aromatic heterocycles. The second-order valence-electron chi connectivity index (χ2n) is 3.89. The van der Waals surface area contributed by atoms with Gasteiger partial charge in [-0.05, 0) is 25.1 Å². The van der Waals surface area contributed by atoms with Crippen LogP contribution in [0.1, 0.15) is 18.2 Å². The molecule has 0 spiro atoms. The Balaban J connectivity index is 0.00000108. The first-order valence-electron chi connectivity index (χ1n) is 5.38. The van der Waals surface area contributed by atoms with Crippen molar-refractivity contribution in [1.29, 1.82) is 0 Å². The Morgan fingerprint density at radius 3 is 3.06 bits per heavy atom. The molecule has 1 atom stereocenters. The van der Waals surface area contributed by atoms with Crippen LogP contribution >= 0.6 is 12.4 Å². The van der Waals surface area contributed by atoms with Crippen molar-refractivity contribution in [2.24, 2.45) is 0 Å². The minimum atomic E-state index is 0. The highest BCUT2D eigenvalue weighted by molar-refractivity contribution is 5.85. The molecule has 1 aliphatic rings. The standard InChI is InChI=1S/C11H12N4O.ClH/c1-2-8(6-12-4-1)10-14-11(16-15-10)9-3-5-13-7-9;/h1-2,4,6,9,13H,3,5,7H2;1H/t9-;/m0./s1. The van der Waals surface area contributed by atoms with E-state index in [0.29, 0.717) is 11.7 Å². The Morgan fingerprint density at radius 1 is 1.41 bits per heavy atom. The van der Waals surface area contributed by atoms with Crippen LogP contribution in [0.25, 0.3) is 11.4 Å². The summed E-state index contributed by atoms with van der Waals surface area (Å²) in [5, 5.41) is 7.26. The molecule has 0 saturated carbocycles. The van der Waals surface area contributed by atoms with Gasteiger partial charge in [0.05, 0.1) is 5.92 Å². The molecule has 90 valence electrons. The first-order valence-corrected chi connectivity index (χ1v) is 5.38. The van der Waals surface area contributed by atoms with Crippen molar-refractivity contribution >= 4 is 12.4 Å². The zero-order valence-corrected chi connectivity index (χ0v) is 9.98. The van der Waals surface area contributed by atoms with E-state index in [-0.39, 0.29) is 12.4 Å². The van der Waals surface area contributed by atoms with Gasteiger partial charge in [-0.2, -0.15) is 4.98 Å². The molecule has 0 aromatic carbocycles. The molecular formula is C11H13ClN4O. The van der Waals surface area contributed by atoms with Crippen LogP contribution in [-0.2, 0) is 0 Å². The van der Waals surface area contributed by atoms with E-state index >= 15 is 0 Å². The molecule has 1 saturated heterocycles. The van der Waals surface area contributed by atoms with Crippen LogP contribution in [0.4, 0.5) is 0 Å². The third kappa shape index (κ3) is 2.45. The lowest BCUT2D eigenvalue weighted by atomic mass is 10.1. The highest BCUT2D eigenvalue weighted by Gasteiger charge is 2.22. The Bertz CT molecular complexity index is 467. The normalized spacial score (nSPS) is 18.9. The van der Waals surface area contributed by atoms with Gasteiger partial charge in [0, 0.05) is 24.5 Å². The minimum Gasteiger partial charge on any atom is -0.339 e. The highest BCUT2D eigenvalue weighted by Crippen LogP contribution is 2.23. The summed E-state index contributed by atoms with van der Waals surface area (Å²) < 4.78 is 5.27. The van der Waals surface area contributed by atoms with E-state index < -0.39 is 0 Å². The van der Waals surface area contributed by atoms with E-state index in [1.165, 1.54) is 0 Å². The maximum Gasteiger partial charge on any atom is 0.231 e. The van der Waals surface area contributed by atoms with E-state index in [1.54, 1.807) is 12.4 Å². The van der Waals surface area contributed by atoms with E-state index in [9.17, 15) is 0 Å². The van der Waals surface area contributed by atoms with Crippen LogP contribution in [0.3, 0.4) is 0 Å². The van der Waals surface area contributed by atoms with Gasteiger partial charge in [-0.15, -0.1) is 12.4 Å². The van der Waals surface area contributed by atoms with Gasteiger partial charge in [0.1, 0.15) is 0 Å². The number of halogens is 1. The van der Waals surface area contributed by atoms with Gasteiger partial charge in [-0.1, -0.05) is 5.16 Å². The van der Waals surface area contributed by atoms with Crippen molar-refractivity contribution in [1.82, 2.24) is 20.4 Å². The summed E-state index contributed by atoms with van der Waals surface area (Å²) in [6.45, 7) is 1.95. The van der Waals surface area contributed by atoms with Crippen LogP contribution in [0.5, 0.6) is 0 Å². The fraction of sp³-hybridized carbons (Fsp3) is 0.364. The number of hydrogen-bond acceptors (Lipinski definition) is 5. The number of hydrogen-bond donors (Lipinski definition) is 1. The monoisotopic (exact) mass is 252 g/mol. The molecule has 3 rings (SSSR count). The van der Waals surface area contributed by atoms with Crippen molar-refractivity contribution in [2.45, 2.75) is 12.3 Å². The molecule has 0 aliphatic carbocycles. The molecule has 6 heteroatoms. The van der Waals surface area contributed by atoms with Crippen molar-refractivity contribution in [2.75, 3.05) is 13.1 Å². The third-order valence-corrected chi connectivity index (χ3v) is 2.77. The summed E-state index contributed by atoms with van der Waals surface area (Å²) in [6.07, 6.45) is 4.53. The average Bonchev–Trinajstić information content (AvgIpc) is 3.01. The molecular weight excluding hydrogens is 240 g/mol. The molecule has 2 aromatic rings. The Labute approximate surface area is 105 Å². The zero-order chi connectivity index (χ0) is 10.8. The van der Waals surface area contributed by atoms with Crippen molar-refractivity contribution in [3.63, 3.8) is 0 Å². The van der Waals surface area contributed by atoms with Gasteiger partial charge in [0.2, 0.25) is 11.7 Å². The molecule has 1 N–H and O–H groups in total. The maximum atomic E-state index is 5.27. The summed E-state index contributed by atoms with van der Waals surface area (Å²) >= 11 is 0. The van der Waals surface area contributed by atoms with Gasteiger partial charge in [0.15, 0.2) is 0 Å². The predicted octanol–water partition coefficient (Wildman–Crippen LogP) is 1.63. The largest absolute Gasteiger partial charge is 0.339 e. The number of nitrogens with one attached hydrogen (secondary N) is 1. The first kappa shape index (κ1) is 12.0. The second-order valence-corrected chi connectivity index (χ2v) is 3.89. The van der Waals surface area contributed by atoms with Gasteiger partial charge < -0.3 is 9.84 Å². The Kier molecular flexibility index (Phi) is 3.71. The zero-order valence-electron chi connectivity index (χ0n) is 9.17. The summed E-state index contributed by atoms with van der Waals surface area (Å²) in [5.41, 5.74) is 0.892. The fourth-order valence-corrected chi connectivity index (χ4v) is 1.88. The van der Waals surface area contributed by atoms with Crippen LogP contribution in [-0.4, -0.2) is 28.2 Å². The summed E-state index contributed by atoms with van der Waals surface area (Å²) in [7, 11) is 0. The van der Waals surface area contributed by atoms with E-state index in [1.807, 2.05) is 12.1 Å². The number of pyridine rings is 1. The first-order chi connectivity index (χ1) is 7.93. The summed E-state index contributed by atoms with van der Waals surface area (Å²) in [6, 6.07) is 3.79. The maximum absolute atomic E-state index is 5.27. The molecule has 0 bridgehead atoms. The van der Waals surface area contributed by atoms with E-state index in [2.05, 4.69) is 20.4 Å². The summed E-state index contributed by atoms with van der Waals surface area (Å²) in [4.78, 5) is 8.44. The SMILES string of the molecule is Cl.c1cncc(-c2noc([C@H]3CCNC3)n2)c1. The fourth-order valence-electron chi connectivity index (χ4n) is 1.88. The van der Waals surface area contributed by atoms with Gasteiger partial charge in [-0.3, -0.25) is 4.98 Å². The molecule has 0 amide bonds. The van der Waals surface area contributed by atoms with Crippen LogP contribution in [0.15, 0.2) is 29.0 Å². The van der Waals surface area contributed by atoms with Crippen LogP contribution in [0.2, 0.25) is 0 Å². The highest BCUT2D eigenvalue weighted by atomic mass is 35.5. The van der Waals surface area contributed by atoms with Crippen molar-refractivity contribution in [3.8, 4) is 11.4 Å². The molecule has 1 fully saturated rings. The topological polar surface area (TPSA) is 63.8 Å². The van der Waals surface area contributed by atoms with Gasteiger partial charge in [-0.25, -0.2) is 0 Å². The van der Waals surface area contributed by atoms with Gasteiger partial charge >= 0.3 is 0 Å². The average molecular weight is 253 g/mol. The second kappa shape index (κ2) is 5.25. The number of nitrogens with zero attached hydrogens (tertiary/aromatic N) is 3. The van der Waals surface area contributed by atoms with E-state index in [0.717, 1.165) is 31.0 Å². The smallest absolute Gasteiger partial charge is 0.231 e. The Hall–Kier alpha value is -1.46. The lowest BCUT2D eigenvalue weighted by Gasteiger charge is -1.98. The summed E-state index contributed by atoms with van der Waals surface area (Å²) in [5.74, 6) is 1.71. The minimum absolute atomic E-state index is 0. The molecule has 17 heavy (non-hydrogen) atoms.